The molecule has 1 aromatic carbocycles. The average Bonchev–Trinajstić information content (AvgIpc) is 2.69. The maximum atomic E-state index is 13.0. The van der Waals surface area contributed by atoms with Crippen molar-refractivity contribution < 1.29 is 14.7 Å². The van der Waals surface area contributed by atoms with Crippen LogP contribution in [0.4, 0.5) is 10.5 Å². The standard InChI is InChI=1S/C19H22Cl2N4O3/c1-2-5-22-6-11-25(19(27)28)17(13-22)18(26)24-9-7-23(8-10-24)14-3-4-15(20)16(21)12-14/h1,3-4,12,17H,5-11,13H2,(H,27,28)/t17-/m1/s1. The number of nitrogens with zero attached hydrogens (tertiary/aromatic N) is 4. The summed E-state index contributed by atoms with van der Waals surface area (Å²) in [5.74, 6) is 2.39. The van der Waals surface area contributed by atoms with Gasteiger partial charge in [-0.25, -0.2) is 4.79 Å². The smallest absolute Gasteiger partial charge is 0.408 e. The van der Waals surface area contributed by atoms with Crippen LogP contribution in [0.2, 0.25) is 10.0 Å². The first-order valence-electron chi connectivity index (χ1n) is 9.05. The molecule has 0 saturated carbocycles. The molecule has 2 aliphatic heterocycles. The van der Waals surface area contributed by atoms with Gasteiger partial charge in [-0.15, -0.1) is 6.42 Å². The average molecular weight is 425 g/mol. The lowest BCUT2D eigenvalue weighted by Crippen LogP contribution is -2.62. The van der Waals surface area contributed by atoms with Gasteiger partial charge in [0, 0.05) is 51.5 Å². The molecule has 7 nitrogen and oxygen atoms in total. The highest BCUT2D eigenvalue weighted by atomic mass is 35.5. The predicted octanol–water partition coefficient (Wildman–Crippen LogP) is 1.94. The van der Waals surface area contributed by atoms with Gasteiger partial charge in [-0.05, 0) is 18.2 Å². The van der Waals surface area contributed by atoms with Crippen molar-refractivity contribution in [1.29, 1.82) is 0 Å². The van der Waals surface area contributed by atoms with Crippen LogP contribution in [-0.2, 0) is 4.79 Å². The molecule has 2 saturated heterocycles. The third-order valence-corrected chi connectivity index (χ3v) is 5.91. The van der Waals surface area contributed by atoms with Gasteiger partial charge in [0.2, 0.25) is 5.91 Å². The second-order valence-electron chi connectivity index (χ2n) is 6.84. The number of carbonyl (C=O) groups excluding carboxylic acids is 1. The summed E-state index contributed by atoms with van der Waals surface area (Å²) in [6, 6.07) is 4.74. The van der Waals surface area contributed by atoms with E-state index in [9.17, 15) is 14.7 Å². The number of hydrogen-bond donors (Lipinski definition) is 1. The van der Waals surface area contributed by atoms with Crippen molar-refractivity contribution in [2.24, 2.45) is 0 Å². The number of carboxylic acid groups (broad SMARTS) is 1. The normalized spacial score (nSPS) is 20.8. The fourth-order valence-corrected chi connectivity index (χ4v) is 3.92. The van der Waals surface area contributed by atoms with E-state index in [0.717, 1.165) is 5.69 Å². The maximum Gasteiger partial charge on any atom is 0.408 e. The van der Waals surface area contributed by atoms with Crippen molar-refractivity contribution in [3.05, 3.63) is 28.2 Å². The fraction of sp³-hybridized carbons (Fsp3) is 0.474. The Morgan fingerprint density at radius 3 is 2.43 bits per heavy atom. The van der Waals surface area contributed by atoms with Gasteiger partial charge in [-0.3, -0.25) is 14.6 Å². The summed E-state index contributed by atoms with van der Waals surface area (Å²) >= 11 is 12.1. The summed E-state index contributed by atoms with van der Waals surface area (Å²) in [5.41, 5.74) is 0.950. The van der Waals surface area contributed by atoms with Crippen molar-refractivity contribution >= 4 is 40.9 Å². The highest BCUT2D eigenvalue weighted by Gasteiger charge is 2.38. The van der Waals surface area contributed by atoms with Gasteiger partial charge >= 0.3 is 6.09 Å². The third kappa shape index (κ3) is 4.46. The molecular formula is C19H22Cl2N4O3. The number of rotatable bonds is 3. The van der Waals surface area contributed by atoms with E-state index in [2.05, 4.69) is 10.8 Å². The zero-order valence-corrected chi connectivity index (χ0v) is 16.9. The zero-order valence-electron chi connectivity index (χ0n) is 15.4. The Kier molecular flexibility index (Phi) is 6.55. The van der Waals surface area contributed by atoms with Crippen molar-refractivity contribution in [2.45, 2.75) is 6.04 Å². The summed E-state index contributed by atoms with van der Waals surface area (Å²) in [7, 11) is 0. The molecule has 9 heteroatoms. The van der Waals surface area contributed by atoms with E-state index in [1.807, 2.05) is 17.0 Å². The zero-order chi connectivity index (χ0) is 20.3. The minimum Gasteiger partial charge on any atom is -0.465 e. The van der Waals surface area contributed by atoms with Crippen LogP contribution >= 0.6 is 23.2 Å². The molecule has 0 aliphatic carbocycles. The molecule has 1 N–H and O–H groups in total. The minimum absolute atomic E-state index is 0.169. The molecule has 2 amide bonds. The Balaban J connectivity index is 1.65. The van der Waals surface area contributed by atoms with Crippen LogP contribution < -0.4 is 4.90 Å². The Bertz CT molecular complexity index is 790. The molecule has 1 aromatic rings. The van der Waals surface area contributed by atoms with Crippen LogP contribution in [0.1, 0.15) is 0 Å². The predicted molar refractivity (Wildman–Crippen MR) is 109 cm³/mol. The summed E-state index contributed by atoms with van der Waals surface area (Å²) in [4.78, 5) is 31.6. The van der Waals surface area contributed by atoms with Gasteiger partial charge in [-0.1, -0.05) is 29.1 Å². The van der Waals surface area contributed by atoms with E-state index >= 15 is 0 Å². The van der Waals surface area contributed by atoms with E-state index in [0.29, 0.717) is 55.9 Å². The number of piperazine rings is 2. The Hall–Kier alpha value is -2.14. The molecular weight excluding hydrogens is 403 g/mol. The number of hydrogen-bond acceptors (Lipinski definition) is 4. The molecule has 0 radical (unpaired) electrons. The second kappa shape index (κ2) is 8.91. The Morgan fingerprint density at radius 1 is 1.11 bits per heavy atom. The summed E-state index contributed by atoms with van der Waals surface area (Å²) in [6.07, 6.45) is 4.29. The molecule has 1 atom stereocenters. The Morgan fingerprint density at radius 2 is 1.82 bits per heavy atom. The van der Waals surface area contributed by atoms with Crippen LogP contribution in [0, 0.1) is 12.3 Å². The van der Waals surface area contributed by atoms with Crippen LogP contribution in [0.25, 0.3) is 0 Å². The highest BCUT2D eigenvalue weighted by Crippen LogP contribution is 2.28. The molecule has 150 valence electrons. The monoisotopic (exact) mass is 424 g/mol. The molecule has 3 rings (SSSR count). The number of benzene rings is 1. The van der Waals surface area contributed by atoms with Gasteiger partial charge in [0.05, 0.1) is 16.6 Å². The number of amides is 2. The van der Waals surface area contributed by atoms with Crippen LogP contribution in [0.15, 0.2) is 18.2 Å². The largest absolute Gasteiger partial charge is 0.465 e. The fourth-order valence-electron chi connectivity index (χ4n) is 3.63. The number of anilines is 1. The van der Waals surface area contributed by atoms with Gasteiger partial charge in [0.25, 0.3) is 0 Å². The molecule has 0 aromatic heterocycles. The first-order valence-corrected chi connectivity index (χ1v) is 9.80. The van der Waals surface area contributed by atoms with Gasteiger partial charge in [0.1, 0.15) is 6.04 Å². The first-order chi connectivity index (χ1) is 13.4. The SMILES string of the molecule is C#CCN1CCN(C(=O)O)[C@@H](C(=O)N2CCN(c3ccc(Cl)c(Cl)c3)CC2)C1. The van der Waals surface area contributed by atoms with Crippen molar-refractivity contribution in [2.75, 3.05) is 57.3 Å². The van der Waals surface area contributed by atoms with Crippen LogP contribution in [0.3, 0.4) is 0 Å². The Labute approximate surface area is 174 Å². The molecule has 2 aliphatic rings. The molecule has 2 heterocycles. The highest BCUT2D eigenvalue weighted by molar-refractivity contribution is 6.42. The van der Waals surface area contributed by atoms with Crippen molar-refractivity contribution in [3.8, 4) is 12.3 Å². The van der Waals surface area contributed by atoms with Crippen LogP contribution in [-0.4, -0.2) is 90.2 Å². The topological polar surface area (TPSA) is 67.3 Å². The number of halogens is 2. The lowest BCUT2D eigenvalue weighted by atomic mass is 10.1. The van der Waals surface area contributed by atoms with Gasteiger partial charge in [0.15, 0.2) is 0 Å². The van der Waals surface area contributed by atoms with Crippen molar-refractivity contribution in [1.82, 2.24) is 14.7 Å². The third-order valence-electron chi connectivity index (χ3n) is 5.17. The van der Waals surface area contributed by atoms with Crippen molar-refractivity contribution in [3.63, 3.8) is 0 Å². The molecule has 0 bridgehead atoms. The lowest BCUT2D eigenvalue weighted by molar-refractivity contribution is -0.138. The molecule has 28 heavy (non-hydrogen) atoms. The second-order valence-corrected chi connectivity index (χ2v) is 7.66. The molecule has 0 spiro atoms. The summed E-state index contributed by atoms with van der Waals surface area (Å²) < 4.78 is 0. The van der Waals surface area contributed by atoms with E-state index in [4.69, 9.17) is 29.6 Å². The van der Waals surface area contributed by atoms with Gasteiger partial charge < -0.3 is 14.9 Å². The van der Waals surface area contributed by atoms with E-state index in [1.54, 1.807) is 11.0 Å². The van der Waals surface area contributed by atoms with E-state index < -0.39 is 12.1 Å². The van der Waals surface area contributed by atoms with E-state index in [1.165, 1.54) is 4.90 Å². The number of terminal acetylenes is 1. The summed E-state index contributed by atoms with van der Waals surface area (Å²) in [6.45, 7) is 3.83. The van der Waals surface area contributed by atoms with Crippen LogP contribution in [0.5, 0.6) is 0 Å². The quantitative estimate of drug-likeness (QED) is 0.750. The van der Waals surface area contributed by atoms with E-state index in [-0.39, 0.29) is 12.5 Å². The van der Waals surface area contributed by atoms with Gasteiger partial charge in [-0.2, -0.15) is 0 Å². The number of carbonyl (C=O) groups is 2. The minimum atomic E-state index is -1.08. The summed E-state index contributed by atoms with van der Waals surface area (Å²) in [5, 5.41) is 10.5. The lowest BCUT2D eigenvalue weighted by Gasteiger charge is -2.42. The molecule has 0 unspecified atom stereocenters. The first kappa shape index (κ1) is 20.6. The maximum absolute atomic E-state index is 13.0. The molecule has 2 fully saturated rings.